The van der Waals surface area contributed by atoms with Crippen LogP contribution in [0.3, 0.4) is 0 Å². The molecule has 2 N–H and O–H groups in total. The molecule has 118 valence electrons. The van der Waals surface area contributed by atoms with Crippen molar-refractivity contribution in [1.82, 2.24) is 9.71 Å². The predicted octanol–water partition coefficient (Wildman–Crippen LogP) is 1.75. The van der Waals surface area contributed by atoms with Crippen LogP contribution in [0, 0.1) is 0 Å². The van der Waals surface area contributed by atoms with E-state index in [1.54, 1.807) is 18.3 Å². The summed E-state index contributed by atoms with van der Waals surface area (Å²) in [6.45, 7) is 3.72. The fourth-order valence-corrected chi connectivity index (χ4v) is 3.43. The Labute approximate surface area is 126 Å². The number of ether oxygens (including phenoxy) is 1. The molecule has 0 radical (unpaired) electrons. The molecule has 0 saturated carbocycles. The highest BCUT2D eigenvalue weighted by Gasteiger charge is 2.22. The van der Waals surface area contributed by atoms with Gasteiger partial charge in [-0.1, -0.05) is 6.92 Å². The van der Waals surface area contributed by atoms with Crippen LogP contribution in [0.5, 0.6) is 0 Å². The second-order valence-corrected chi connectivity index (χ2v) is 6.85. The van der Waals surface area contributed by atoms with E-state index < -0.39 is 10.0 Å². The first-order valence-electron chi connectivity index (χ1n) is 7.43. The molecule has 1 aliphatic heterocycles. The molecule has 7 heteroatoms. The minimum absolute atomic E-state index is 0.0303. The zero-order chi connectivity index (χ0) is 15.1. The van der Waals surface area contributed by atoms with E-state index >= 15 is 0 Å². The number of pyridine rings is 1. The minimum atomic E-state index is -3.58. The summed E-state index contributed by atoms with van der Waals surface area (Å²) >= 11 is 0. The van der Waals surface area contributed by atoms with Crippen LogP contribution in [0.1, 0.15) is 32.6 Å². The van der Waals surface area contributed by atoms with E-state index in [0.717, 1.165) is 25.7 Å². The van der Waals surface area contributed by atoms with Crippen molar-refractivity contribution >= 4 is 15.8 Å². The number of aromatic nitrogens is 1. The summed E-state index contributed by atoms with van der Waals surface area (Å²) in [6, 6.07) is 3.19. The number of nitrogens with zero attached hydrogens (tertiary/aromatic N) is 1. The van der Waals surface area contributed by atoms with Gasteiger partial charge in [0.15, 0.2) is 0 Å². The van der Waals surface area contributed by atoms with Gasteiger partial charge in [-0.25, -0.2) is 18.1 Å². The van der Waals surface area contributed by atoms with Crippen LogP contribution < -0.4 is 10.0 Å². The van der Waals surface area contributed by atoms with Crippen LogP contribution in [-0.4, -0.2) is 39.2 Å². The first-order valence-corrected chi connectivity index (χ1v) is 8.92. The number of rotatable bonds is 7. The van der Waals surface area contributed by atoms with Gasteiger partial charge in [0.05, 0.1) is 6.10 Å². The second-order valence-electron chi connectivity index (χ2n) is 5.12. The Bertz CT molecular complexity index is 542. The van der Waals surface area contributed by atoms with Crippen molar-refractivity contribution in [1.29, 1.82) is 0 Å². The Morgan fingerprint density at radius 2 is 2.29 bits per heavy atom. The highest BCUT2D eigenvalue weighted by molar-refractivity contribution is 7.89. The molecule has 0 aromatic carbocycles. The van der Waals surface area contributed by atoms with E-state index in [2.05, 4.69) is 15.0 Å². The van der Waals surface area contributed by atoms with E-state index in [4.69, 9.17) is 4.74 Å². The summed E-state index contributed by atoms with van der Waals surface area (Å²) < 4.78 is 33.0. The lowest BCUT2D eigenvalue weighted by atomic mass is 10.1. The van der Waals surface area contributed by atoms with Crippen molar-refractivity contribution in [3.8, 4) is 0 Å². The molecule has 0 bridgehead atoms. The smallest absolute Gasteiger partial charge is 0.244 e. The van der Waals surface area contributed by atoms with Gasteiger partial charge in [0, 0.05) is 25.9 Å². The van der Waals surface area contributed by atoms with Crippen LogP contribution in [-0.2, 0) is 14.8 Å². The van der Waals surface area contributed by atoms with Crippen LogP contribution in [0.25, 0.3) is 0 Å². The van der Waals surface area contributed by atoms with Gasteiger partial charge in [-0.2, -0.15) is 0 Å². The molecule has 2 rings (SSSR count). The molecule has 1 unspecified atom stereocenters. The minimum Gasteiger partial charge on any atom is -0.377 e. The van der Waals surface area contributed by atoms with E-state index in [9.17, 15) is 8.42 Å². The molecular formula is C14H23N3O3S. The summed E-state index contributed by atoms with van der Waals surface area (Å²) in [7, 11) is -3.58. The molecule has 2 heterocycles. The molecule has 1 fully saturated rings. The molecule has 1 saturated heterocycles. The SMILES string of the molecule is CCCNc1ncccc1S(=O)(=O)NCC1CCCCO1. The topological polar surface area (TPSA) is 80.3 Å². The molecule has 0 spiro atoms. The Hall–Kier alpha value is -1.18. The highest BCUT2D eigenvalue weighted by Crippen LogP contribution is 2.18. The Kier molecular flexibility index (Phi) is 5.96. The average molecular weight is 313 g/mol. The van der Waals surface area contributed by atoms with Crippen molar-refractivity contribution in [3.63, 3.8) is 0 Å². The summed E-state index contributed by atoms with van der Waals surface area (Å²) in [6.07, 6.45) is 5.49. The Morgan fingerprint density at radius 1 is 1.43 bits per heavy atom. The Balaban J connectivity index is 2.04. The van der Waals surface area contributed by atoms with Gasteiger partial charge >= 0.3 is 0 Å². The highest BCUT2D eigenvalue weighted by atomic mass is 32.2. The van der Waals surface area contributed by atoms with Gasteiger partial charge in [0.1, 0.15) is 10.7 Å². The van der Waals surface area contributed by atoms with Gasteiger partial charge in [0.2, 0.25) is 10.0 Å². The molecule has 1 aliphatic rings. The zero-order valence-electron chi connectivity index (χ0n) is 12.3. The molecule has 0 amide bonds. The summed E-state index contributed by atoms with van der Waals surface area (Å²) in [5.41, 5.74) is 0. The van der Waals surface area contributed by atoms with Crippen molar-refractivity contribution in [2.45, 2.75) is 43.6 Å². The quantitative estimate of drug-likeness (QED) is 0.801. The number of anilines is 1. The van der Waals surface area contributed by atoms with Crippen molar-refractivity contribution in [2.24, 2.45) is 0 Å². The molecule has 1 aromatic heterocycles. The maximum Gasteiger partial charge on any atom is 0.244 e. The van der Waals surface area contributed by atoms with Crippen LogP contribution in [0.4, 0.5) is 5.82 Å². The lowest BCUT2D eigenvalue weighted by Crippen LogP contribution is -2.35. The van der Waals surface area contributed by atoms with E-state index in [0.29, 0.717) is 25.5 Å². The summed E-state index contributed by atoms with van der Waals surface area (Å²) in [5, 5.41) is 3.05. The molecular weight excluding hydrogens is 290 g/mol. The van der Waals surface area contributed by atoms with Gasteiger partial charge < -0.3 is 10.1 Å². The molecule has 21 heavy (non-hydrogen) atoms. The first-order chi connectivity index (χ1) is 10.1. The van der Waals surface area contributed by atoms with E-state index in [1.165, 1.54) is 0 Å². The summed E-state index contributed by atoms with van der Waals surface area (Å²) in [4.78, 5) is 4.30. The van der Waals surface area contributed by atoms with Crippen molar-refractivity contribution in [3.05, 3.63) is 18.3 Å². The number of sulfonamides is 1. The van der Waals surface area contributed by atoms with Gasteiger partial charge in [-0.15, -0.1) is 0 Å². The lowest BCUT2D eigenvalue weighted by molar-refractivity contribution is 0.0200. The summed E-state index contributed by atoms with van der Waals surface area (Å²) in [5.74, 6) is 0.399. The van der Waals surface area contributed by atoms with Crippen LogP contribution in [0.2, 0.25) is 0 Å². The lowest BCUT2D eigenvalue weighted by Gasteiger charge is -2.22. The fourth-order valence-electron chi connectivity index (χ4n) is 2.23. The third-order valence-corrected chi connectivity index (χ3v) is 4.83. The van der Waals surface area contributed by atoms with Crippen LogP contribution >= 0.6 is 0 Å². The van der Waals surface area contributed by atoms with Crippen LogP contribution in [0.15, 0.2) is 23.2 Å². The van der Waals surface area contributed by atoms with Gasteiger partial charge in [-0.3, -0.25) is 0 Å². The first kappa shape index (κ1) is 16.2. The van der Waals surface area contributed by atoms with Crippen molar-refractivity contribution in [2.75, 3.05) is 25.0 Å². The largest absolute Gasteiger partial charge is 0.377 e. The monoisotopic (exact) mass is 313 g/mol. The average Bonchev–Trinajstić information content (AvgIpc) is 2.52. The van der Waals surface area contributed by atoms with E-state index in [-0.39, 0.29) is 11.0 Å². The maximum atomic E-state index is 12.4. The molecule has 0 aliphatic carbocycles. The number of hydrogen-bond donors (Lipinski definition) is 2. The van der Waals surface area contributed by atoms with Gasteiger partial charge in [0.25, 0.3) is 0 Å². The fraction of sp³-hybridized carbons (Fsp3) is 0.643. The van der Waals surface area contributed by atoms with Crippen molar-refractivity contribution < 1.29 is 13.2 Å². The normalized spacial score (nSPS) is 19.4. The zero-order valence-corrected chi connectivity index (χ0v) is 13.2. The third kappa shape index (κ3) is 4.66. The second kappa shape index (κ2) is 7.72. The third-order valence-electron chi connectivity index (χ3n) is 3.38. The Morgan fingerprint density at radius 3 is 3.00 bits per heavy atom. The standard InChI is InChI=1S/C14H23N3O3S/c1-2-8-15-14-13(7-5-9-16-14)21(18,19)17-11-12-6-3-4-10-20-12/h5,7,9,12,17H,2-4,6,8,10-11H2,1H3,(H,15,16). The number of nitrogens with one attached hydrogen (secondary N) is 2. The molecule has 1 aromatic rings. The molecule has 6 nitrogen and oxygen atoms in total. The van der Waals surface area contributed by atoms with Gasteiger partial charge in [-0.05, 0) is 37.8 Å². The predicted molar refractivity (Wildman–Crippen MR) is 81.8 cm³/mol. The van der Waals surface area contributed by atoms with E-state index in [1.807, 2.05) is 6.92 Å². The molecule has 1 atom stereocenters. The maximum absolute atomic E-state index is 12.4. The number of hydrogen-bond acceptors (Lipinski definition) is 5.